The predicted molar refractivity (Wildman–Crippen MR) is 110 cm³/mol. The zero-order valence-corrected chi connectivity index (χ0v) is 16.2. The van der Waals surface area contributed by atoms with Crippen molar-refractivity contribution in [2.45, 2.75) is 13.0 Å². The van der Waals surface area contributed by atoms with E-state index in [4.69, 9.17) is 5.73 Å². The molecule has 0 bridgehead atoms. The number of nitrogens with two attached hydrogens (primary N) is 1. The van der Waals surface area contributed by atoms with E-state index in [2.05, 4.69) is 20.3 Å². The van der Waals surface area contributed by atoms with Crippen molar-refractivity contribution >= 4 is 22.5 Å². The van der Waals surface area contributed by atoms with Gasteiger partial charge in [0.2, 0.25) is 0 Å². The van der Waals surface area contributed by atoms with E-state index in [-0.39, 0.29) is 22.8 Å². The van der Waals surface area contributed by atoms with Crippen molar-refractivity contribution in [3.05, 3.63) is 77.5 Å². The molecule has 2 aromatic carbocycles. The number of nitrogen functional groups attached to an aromatic ring is 1. The minimum atomic E-state index is -0.765. The summed E-state index contributed by atoms with van der Waals surface area (Å²) >= 11 is 0. The summed E-state index contributed by atoms with van der Waals surface area (Å²) in [5.74, 6) is -1.84. The van der Waals surface area contributed by atoms with E-state index in [0.29, 0.717) is 22.0 Å². The van der Waals surface area contributed by atoms with E-state index in [0.717, 1.165) is 6.07 Å². The number of fused-ring (bicyclic) bond motifs is 1. The van der Waals surface area contributed by atoms with Crippen LogP contribution in [0.25, 0.3) is 22.0 Å². The van der Waals surface area contributed by atoms with E-state index in [1.165, 1.54) is 42.9 Å². The molecule has 0 amide bonds. The van der Waals surface area contributed by atoms with Crippen LogP contribution in [0.1, 0.15) is 24.1 Å². The van der Waals surface area contributed by atoms with Gasteiger partial charge in [-0.15, -0.1) is 0 Å². The van der Waals surface area contributed by atoms with Gasteiger partial charge < -0.3 is 11.1 Å². The molecule has 2 aromatic heterocycles. The van der Waals surface area contributed by atoms with E-state index < -0.39 is 23.5 Å². The molecular formula is C22H15F3N6. The average molecular weight is 420 g/mol. The van der Waals surface area contributed by atoms with Gasteiger partial charge in [-0.25, -0.2) is 23.1 Å². The van der Waals surface area contributed by atoms with Gasteiger partial charge in [-0.3, -0.25) is 4.98 Å². The molecule has 0 saturated heterocycles. The minimum absolute atomic E-state index is 0.0123. The van der Waals surface area contributed by atoms with Crippen LogP contribution in [0.15, 0.2) is 48.9 Å². The summed E-state index contributed by atoms with van der Waals surface area (Å²) in [5, 5.41) is 12.8. The molecular weight excluding hydrogens is 405 g/mol. The molecule has 1 atom stereocenters. The summed E-state index contributed by atoms with van der Waals surface area (Å²) in [6, 6.07) is 8.52. The van der Waals surface area contributed by atoms with Crippen molar-refractivity contribution in [1.29, 1.82) is 5.26 Å². The molecule has 3 N–H and O–H groups in total. The van der Waals surface area contributed by atoms with Crippen LogP contribution in [0.3, 0.4) is 0 Å². The van der Waals surface area contributed by atoms with Crippen molar-refractivity contribution < 1.29 is 13.2 Å². The van der Waals surface area contributed by atoms with E-state index in [1.54, 1.807) is 6.92 Å². The molecule has 9 heteroatoms. The summed E-state index contributed by atoms with van der Waals surface area (Å²) in [5.41, 5.74) is 7.41. The lowest BCUT2D eigenvalue weighted by atomic mass is 9.93. The van der Waals surface area contributed by atoms with Gasteiger partial charge in [0.05, 0.1) is 11.6 Å². The number of halogens is 3. The first-order valence-corrected chi connectivity index (χ1v) is 9.19. The molecule has 6 nitrogen and oxygen atoms in total. The lowest BCUT2D eigenvalue weighted by Gasteiger charge is -2.21. The lowest BCUT2D eigenvalue weighted by molar-refractivity contribution is 0.584. The average Bonchev–Trinajstić information content (AvgIpc) is 2.72. The monoisotopic (exact) mass is 420 g/mol. The van der Waals surface area contributed by atoms with Crippen molar-refractivity contribution in [2.24, 2.45) is 0 Å². The second-order valence-electron chi connectivity index (χ2n) is 6.87. The van der Waals surface area contributed by atoms with Crippen LogP contribution in [0.5, 0.6) is 0 Å². The fourth-order valence-corrected chi connectivity index (χ4v) is 3.43. The smallest absolute Gasteiger partial charge is 0.150 e. The third-order valence-corrected chi connectivity index (χ3v) is 4.82. The number of rotatable bonds is 4. The van der Waals surface area contributed by atoms with Crippen LogP contribution in [0.4, 0.5) is 24.8 Å². The highest BCUT2D eigenvalue weighted by atomic mass is 19.1. The van der Waals surface area contributed by atoms with Crippen LogP contribution in [0.2, 0.25) is 0 Å². The molecule has 4 rings (SSSR count). The molecule has 0 spiro atoms. The van der Waals surface area contributed by atoms with Gasteiger partial charge in [0.15, 0.2) is 0 Å². The van der Waals surface area contributed by atoms with Gasteiger partial charge in [-0.05, 0) is 48.4 Å². The van der Waals surface area contributed by atoms with Crippen LogP contribution >= 0.6 is 0 Å². The number of anilines is 2. The van der Waals surface area contributed by atoms with Crippen molar-refractivity contribution in [3.63, 3.8) is 0 Å². The molecule has 31 heavy (non-hydrogen) atoms. The van der Waals surface area contributed by atoms with Crippen molar-refractivity contribution in [3.8, 4) is 17.2 Å². The van der Waals surface area contributed by atoms with E-state index in [9.17, 15) is 18.4 Å². The van der Waals surface area contributed by atoms with Gasteiger partial charge in [0.25, 0.3) is 0 Å². The van der Waals surface area contributed by atoms with Gasteiger partial charge in [0, 0.05) is 23.2 Å². The number of aromatic nitrogens is 3. The zero-order chi connectivity index (χ0) is 22.1. The Bertz CT molecular complexity index is 1330. The van der Waals surface area contributed by atoms with Crippen molar-refractivity contribution in [1.82, 2.24) is 15.0 Å². The fourth-order valence-electron chi connectivity index (χ4n) is 3.43. The molecule has 0 aliphatic rings. The highest BCUT2D eigenvalue weighted by Crippen LogP contribution is 2.36. The Morgan fingerprint density at radius 3 is 2.45 bits per heavy atom. The number of nitrogens with zero attached hydrogens (tertiary/aromatic N) is 4. The lowest BCUT2D eigenvalue weighted by Crippen LogP contribution is -2.13. The van der Waals surface area contributed by atoms with Crippen LogP contribution in [-0.4, -0.2) is 15.0 Å². The minimum Gasteiger partial charge on any atom is -0.382 e. The van der Waals surface area contributed by atoms with Crippen LogP contribution in [-0.2, 0) is 0 Å². The zero-order valence-electron chi connectivity index (χ0n) is 16.2. The Morgan fingerprint density at radius 2 is 1.74 bits per heavy atom. The third-order valence-electron chi connectivity index (χ3n) is 4.82. The summed E-state index contributed by atoms with van der Waals surface area (Å²) in [7, 11) is 0. The molecule has 1 unspecified atom stereocenters. The molecule has 0 fully saturated rings. The number of pyridine rings is 1. The first-order chi connectivity index (χ1) is 14.9. The number of hydrogen-bond acceptors (Lipinski definition) is 6. The van der Waals surface area contributed by atoms with Gasteiger partial charge in [0.1, 0.15) is 47.0 Å². The number of nitriles is 1. The largest absolute Gasteiger partial charge is 0.382 e. The number of nitrogens with one attached hydrogen (secondary N) is 1. The fraction of sp³-hybridized carbons (Fsp3) is 0.0909. The highest BCUT2D eigenvalue weighted by molar-refractivity contribution is 5.96. The maximum Gasteiger partial charge on any atom is 0.150 e. The molecule has 0 radical (unpaired) electrons. The molecule has 154 valence electrons. The standard InChI is InChI=1S/C22H15F3N6/c1-11(31-22-17(8-26)21(27)29-10-30-22)18-9-28-19-3-2-13(23)7-16(19)20(18)12-4-14(24)6-15(25)5-12/h2-7,9-11H,1H3,(H3,27,29,30,31). The molecule has 0 aliphatic heterocycles. The van der Waals surface area contributed by atoms with Crippen LogP contribution < -0.4 is 11.1 Å². The number of hydrogen-bond donors (Lipinski definition) is 2. The third kappa shape index (κ3) is 3.83. The Labute approximate surface area is 175 Å². The Morgan fingerprint density at radius 1 is 1.00 bits per heavy atom. The van der Waals surface area contributed by atoms with E-state index >= 15 is 0 Å². The second kappa shape index (κ2) is 7.91. The maximum absolute atomic E-state index is 14.1. The quantitative estimate of drug-likeness (QED) is 0.495. The Kier molecular flexibility index (Phi) is 5.13. The van der Waals surface area contributed by atoms with Crippen LogP contribution in [0, 0.1) is 28.8 Å². The topological polar surface area (TPSA) is 101 Å². The summed E-state index contributed by atoms with van der Waals surface area (Å²) < 4.78 is 42.1. The first kappa shape index (κ1) is 20.1. The number of benzene rings is 2. The van der Waals surface area contributed by atoms with Crippen molar-refractivity contribution in [2.75, 3.05) is 11.1 Å². The maximum atomic E-state index is 14.1. The van der Waals surface area contributed by atoms with Gasteiger partial charge in [-0.2, -0.15) is 5.26 Å². The van der Waals surface area contributed by atoms with Gasteiger partial charge >= 0.3 is 0 Å². The normalized spacial score (nSPS) is 11.8. The summed E-state index contributed by atoms with van der Waals surface area (Å²) in [6.07, 6.45) is 2.74. The second-order valence-corrected chi connectivity index (χ2v) is 6.87. The highest BCUT2D eigenvalue weighted by Gasteiger charge is 2.20. The molecule has 4 aromatic rings. The molecule has 0 aliphatic carbocycles. The predicted octanol–water partition coefficient (Wildman–Crippen LogP) is 4.74. The molecule has 2 heterocycles. The SMILES string of the molecule is CC(Nc1ncnc(N)c1C#N)c1cnc2ccc(F)cc2c1-c1cc(F)cc(F)c1. The summed E-state index contributed by atoms with van der Waals surface area (Å²) in [4.78, 5) is 12.2. The summed E-state index contributed by atoms with van der Waals surface area (Å²) in [6.45, 7) is 1.75. The Hall–Kier alpha value is -4.19. The Balaban J connectivity index is 1.92. The first-order valence-electron chi connectivity index (χ1n) is 9.19. The van der Waals surface area contributed by atoms with E-state index in [1.807, 2.05) is 6.07 Å². The molecule has 0 saturated carbocycles. The van der Waals surface area contributed by atoms with Gasteiger partial charge in [-0.1, -0.05) is 0 Å².